The van der Waals surface area contributed by atoms with Gasteiger partial charge in [0.25, 0.3) is 0 Å². The predicted octanol–water partition coefficient (Wildman–Crippen LogP) is 6.77. The van der Waals surface area contributed by atoms with Crippen molar-refractivity contribution in [2.24, 2.45) is 5.92 Å². The third-order valence-electron chi connectivity index (χ3n) is 10.1. The lowest BCUT2D eigenvalue weighted by Gasteiger charge is -2.50. The molecule has 232 valence electrons. The lowest BCUT2D eigenvalue weighted by molar-refractivity contribution is -0.137. The van der Waals surface area contributed by atoms with Crippen LogP contribution in [0.3, 0.4) is 0 Å². The molecule has 3 aliphatic heterocycles. The van der Waals surface area contributed by atoms with Gasteiger partial charge in [-0.25, -0.2) is 9.18 Å². The Hall–Kier alpha value is -2.95. The van der Waals surface area contributed by atoms with Crippen molar-refractivity contribution in [1.29, 1.82) is 0 Å². The zero-order valence-corrected chi connectivity index (χ0v) is 24.3. The second-order valence-electron chi connectivity index (χ2n) is 12.5. The molecular weight excluding hydrogens is 564 g/mol. The SMILES string of the molecule is C=C(N1Cc2cc(C(F)(F)F)ccc2C(OC)C1)[C@@]1(C2CC2)CC[C@@H](N2CCC(c3ccc(F)c(C(=O)O)c3)CC2)CO1. The van der Waals surface area contributed by atoms with E-state index in [2.05, 4.69) is 16.4 Å². The normalized spacial score (nSPS) is 27.1. The van der Waals surface area contributed by atoms with E-state index >= 15 is 0 Å². The van der Waals surface area contributed by atoms with Gasteiger partial charge in [-0.05, 0) is 104 Å². The number of hydrogen-bond donors (Lipinski definition) is 1. The topological polar surface area (TPSA) is 62.2 Å². The van der Waals surface area contributed by atoms with Gasteiger partial charge in [0, 0.05) is 31.9 Å². The maximum absolute atomic E-state index is 13.9. The average molecular weight is 603 g/mol. The number of alkyl halides is 3. The van der Waals surface area contributed by atoms with E-state index in [4.69, 9.17) is 9.47 Å². The van der Waals surface area contributed by atoms with E-state index in [0.29, 0.717) is 31.2 Å². The fourth-order valence-electron chi connectivity index (χ4n) is 7.44. The number of carboxylic acids is 1. The first kappa shape index (κ1) is 30.1. The molecular formula is C33H38F4N2O4. The quantitative estimate of drug-likeness (QED) is 0.353. The van der Waals surface area contributed by atoms with Crippen LogP contribution in [0.5, 0.6) is 0 Å². The van der Waals surface area contributed by atoms with E-state index in [-0.39, 0.29) is 23.6 Å². The maximum Gasteiger partial charge on any atom is 0.416 e. The number of halogens is 4. The molecule has 1 N–H and O–H groups in total. The second-order valence-corrected chi connectivity index (χ2v) is 12.5. The van der Waals surface area contributed by atoms with E-state index < -0.39 is 29.1 Å². The smallest absolute Gasteiger partial charge is 0.416 e. The van der Waals surface area contributed by atoms with Crippen molar-refractivity contribution in [3.63, 3.8) is 0 Å². The molecule has 0 spiro atoms. The monoisotopic (exact) mass is 602 g/mol. The third-order valence-corrected chi connectivity index (χ3v) is 10.1. The summed E-state index contributed by atoms with van der Waals surface area (Å²) in [6.45, 7) is 7.58. The Kier molecular flexibility index (Phi) is 8.06. The van der Waals surface area contributed by atoms with Gasteiger partial charge in [-0.15, -0.1) is 0 Å². The molecule has 3 fully saturated rings. The van der Waals surface area contributed by atoms with Crippen molar-refractivity contribution in [1.82, 2.24) is 9.80 Å². The Balaban J connectivity index is 1.11. The lowest BCUT2D eigenvalue weighted by Crippen LogP contribution is -2.54. The van der Waals surface area contributed by atoms with Crippen LogP contribution < -0.4 is 0 Å². The number of ether oxygens (including phenoxy) is 2. The first-order chi connectivity index (χ1) is 20.5. The van der Waals surface area contributed by atoms with E-state index in [9.17, 15) is 27.5 Å². The van der Waals surface area contributed by atoms with Gasteiger partial charge < -0.3 is 19.5 Å². The van der Waals surface area contributed by atoms with Crippen LogP contribution in [0.25, 0.3) is 0 Å². The summed E-state index contributed by atoms with van der Waals surface area (Å²) in [6.07, 6.45) is 0.747. The van der Waals surface area contributed by atoms with Crippen molar-refractivity contribution in [2.45, 2.75) is 74.9 Å². The average Bonchev–Trinajstić information content (AvgIpc) is 3.86. The number of carbonyl (C=O) groups is 1. The number of likely N-dealkylation sites (tertiary alicyclic amines) is 1. The molecule has 0 aromatic heterocycles. The summed E-state index contributed by atoms with van der Waals surface area (Å²) < 4.78 is 66.9. The molecule has 1 unspecified atom stereocenters. The summed E-state index contributed by atoms with van der Waals surface area (Å²) in [5.41, 5.74) is 1.61. The number of carboxylic acid groups (broad SMARTS) is 1. The standard InChI is InChI=1S/C33H38F4N2O4/c1-20(39-17-23-15-25(33(35,36)37)6-7-27(23)30(18-39)42-2)32(24-4-5-24)12-9-26(19-43-32)38-13-10-21(11-14-38)22-3-8-29(34)28(16-22)31(40)41/h3,6-8,15-16,21,24,26,30H,1,4-5,9-14,17-19H2,2H3,(H,40,41)/t26-,30?,32-/m1/s1. The molecule has 4 aliphatic rings. The second kappa shape index (κ2) is 11.5. The maximum atomic E-state index is 13.9. The Morgan fingerprint density at radius 1 is 1.09 bits per heavy atom. The minimum absolute atomic E-state index is 0.179. The molecule has 2 aromatic rings. The largest absolute Gasteiger partial charge is 0.478 e. The summed E-state index contributed by atoms with van der Waals surface area (Å²) in [5.74, 6) is -1.45. The van der Waals surface area contributed by atoms with Gasteiger partial charge in [-0.2, -0.15) is 13.2 Å². The fourth-order valence-corrected chi connectivity index (χ4v) is 7.44. The first-order valence-electron chi connectivity index (χ1n) is 15.1. The first-order valence-corrected chi connectivity index (χ1v) is 15.1. The van der Waals surface area contributed by atoms with Crippen molar-refractivity contribution >= 4 is 5.97 Å². The molecule has 10 heteroatoms. The molecule has 6 nitrogen and oxygen atoms in total. The Morgan fingerprint density at radius 3 is 2.44 bits per heavy atom. The van der Waals surface area contributed by atoms with Crippen molar-refractivity contribution < 1.29 is 36.9 Å². The van der Waals surface area contributed by atoms with Crippen LogP contribution in [0.4, 0.5) is 17.6 Å². The molecule has 3 heterocycles. The van der Waals surface area contributed by atoms with Crippen LogP contribution in [0.15, 0.2) is 48.7 Å². The molecule has 43 heavy (non-hydrogen) atoms. The number of benzene rings is 2. The summed E-state index contributed by atoms with van der Waals surface area (Å²) in [4.78, 5) is 15.9. The number of fused-ring (bicyclic) bond motifs is 1. The molecule has 2 saturated heterocycles. The van der Waals surface area contributed by atoms with E-state index in [1.165, 1.54) is 24.3 Å². The zero-order valence-electron chi connectivity index (χ0n) is 24.3. The number of nitrogens with zero attached hydrogens (tertiary/aromatic N) is 2. The number of piperidine rings is 1. The predicted molar refractivity (Wildman–Crippen MR) is 152 cm³/mol. The van der Waals surface area contributed by atoms with E-state index in [1.54, 1.807) is 13.2 Å². The minimum atomic E-state index is -4.41. The zero-order chi connectivity index (χ0) is 30.5. The molecule has 0 amide bonds. The van der Waals surface area contributed by atoms with Crippen LogP contribution in [0.2, 0.25) is 0 Å². The van der Waals surface area contributed by atoms with Gasteiger partial charge in [-0.3, -0.25) is 4.90 Å². The molecule has 3 atom stereocenters. The van der Waals surface area contributed by atoms with Crippen molar-refractivity contribution in [3.8, 4) is 0 Å². The molecule has 1 aliphatic carbocycles. The van der Waals surface area contributed by atoms with Gasteiger partial charge in [0.2, 0.25) is 0 Å². The highest BCUT2D eigenvalue weighted by Gasteiger charge is 2.53. The van der Waals surface area contributed by atoms with Crippen molar-refractivity contribution in [2.75, 3.05) is 33.4 Å². The minimum Gasteiger partial charge on any atom is -0.478 e. The number of rotatable bonds is 7. The van der Waals surface area contributed by atoms with Crippen LogP contribution in [-0.2, 0) is 22.2 Å². The Bertz CT molecular complexity index is 1380. The number of aromatic carboxylic acids is 1. The van der Waals surface area contributed by atoms with E-state index in [0.717, 1.165) is 74.5 Å². The number of hydrogen-bond acceptors (Lipinski definition) is 5. The van der Waals surface area contributed by atoms with Gasteiger partial charge in [0.05, 0.1) is 23.8 Å². The van der Waals surface area contributed by atoms with Crippen LogP contribution in [-0.4, -0.2) is 65.9 Å². The molecule has 6 rings (SSSR count). The number of methoxy groups -OCH3 is 1. The highest BCUT2D eigenvalue weighted by atomic mass is 19.4. The van der Waals surface area contributed by atoms with Crippen LogP contribution in [0.1, 0.15) is 83.2 Å². The van der Waals surface area contributed by atoms with Gasteiger partial charge >= 0.3 is 12.1 Å². The van der Waals surface area contributed by atoms with Crippen LogP contribution in [0, 0.1) is 11.7 Å². The summed E-state index contributed by atoms with van der Waals surface area (Å²) in [6, 6.07) is 8.55. The molecule has 1 saturated carbocycles. The fraction of sp³-hybridized carbons (Fsp3) is 0.545. The summed E-state index contributed by atoms with van der Waals surface area (Å²) in [5, 5.41) is 9.30. The highest BCUT2D eigenvalue weighted by Crippen LogP contribution is 2.52. The molecule has 0 radical (unpaired) electrons. The summed E-state index contributed by atoms with van der Waals surface area (Å²) >= 11 is 0. The summed E-state index contributed by atoms with van der Waals surface area (Å²) in [7, 11) is 1.58. The molecule has 0 bridgehead atoms. The Labute approximate surface area is 249 Å². The van der Waals surface area contributed by atoms with Crippen molar-refractivity contribution in [3.05, 3.63) is 82.3 Å². The van der Waals surface area contributed by atoms with Gasteiger partial charge in [0.15, 0.2) is 0 Å². The molecule has 2 aromatic carbocycles. The van der Waals surface area contributed by atoms with Crippen LogP contribution >= 0.6 is 0 Å². The third kappa shape index (κ3) is 5.81. The van der Waals surface area contributed by atoms with E-state index in [1.807, 2.05) is 0 Å². The Morgan fingerprint density at radius 2 is 1.84 bits per heavy atom. The van der Waals surface area contributed by atoms with Gasteiger partial charge in [-0.1, -0.05) is 18.7 Å². The van der Waals surface area contributed by atoms with Gasteiger partial charge in [0.1, 0.15) is 11.4 Å². The lowest BCUT2D eigenvalue weighted by atomic mass is 9.82. The highest BCUT2D eigenvalue weighted by molar-refractivity contribution is 5.88.